The Kier molecular flexibility index (Phi) is 19.4. The summed E-state index contributed by atoms with van der Waals surface area (Å²) in [5.74, 6) is 0. The fourth-order valence-electron chi connectivity index (χ4n) is 5.48. The summed E-state index contributed by atoms with van der Waals surface area (Å²) in [5, 5.41) is 31.4. The summed E-state index contributed by atoms with van der Waals surface area (Å²) in [5.41, 5.74) is 43.2. The van der Waals surface area contributed by atoms with E-state index in [4.69, 9.17) is 46.0 Å². The molecule has 67 heavy (non-hydrogen) atoms. The molecular formula is C47H46ClN13O6. The molecule has 0 spiro atoms. The summed E-state index contributed by atoms with van der Waals surface area (Å²) in [7, 11) is 0. The number of benzene rings is 4. The minimum atomic E-state index is -0.520. The summed E-state index contributed by atoms with van der Waals surface area (Å²) in [6.07, 6.45) is 7.81. The van der Waals surface area contributed by atoms with E-state index in [9.17, 15) is 30.3 Å². The molecule has 0 saturated carbocycles. The van der Waals surface area contributed by atoms with E-state index in [-0.39, 0.29) is 22.2 Å². The number of pyridine rings is 4. The molecule has 0 bridgehead atoms. The van der Waals surface area contributed by atoms with Crippen molar-refractivity contribution in [3.63, 3.8) is 0 Å². The molecule has 0 fully saturated rings. The number of halogens is 1. The standard InChI is InChI=1S/2C12H11N3O2.C12H13N3.C6H8N2.C5H3ClN2O2/c2*13-10-3-1-9(2-4-10)7-11-8-12(15(16)17)5-6-14-11;13-10-3-1-9(2-4-10)7-12-8-11(14)5-6-15-12;7-5-1-2-6(8)4-3-5;6-5-3-4(8(9)10)1-2-7-5/h2*1-6,8H,7,13H2;1-6,8H,7,13H2,(H2,14,15);1-4H,7-8H2;1-3H. The maximum Gasteiger partial charge on any atom is 0.274 e. The summed E-state index contributed by atoms with van der Waals surface area (Å²) >= 11 is 5.37. The third-order valence-electron chi connectivity index (χ3n) is 8.81. The number of nitrogens with two attached hydrogens (primary N) is 6. The van der Waals surface area contributed by atoms with Crippen molar-refractivity contribution in [1.29, 1.82) is 0 Å². The van der Waals surface area contributed by atoms with Crippen LogP contribution in [0.15, 0.2) is 170 Å². The van der Waals surface area contributed by atoms with Crippen LogP contribution >= 0.6 is 11.6 Å². The van der Waals surface area contributed by atoms with Gasteiger partial charge in [-0.3, -0.25) is 45.3 Å². The number of nitrogens with zero attached hydrogens (tertiary/aromatic N) is 7. The van der Waals surface area contributed by atoms with E-state index in [2.05, 4.69) is 19.9 Å². The van der Waals surface area contributed by atoms with E-state index in [1.165, 1.54) is 60.6 Å². The maximum absolute atomic E-state index is 10.6. The van der Waals surface area contributed by atoms with Crippen molar-refractivity contribution in [1.82, 2.24) is 19.9 Å². The van der Waals surface area contributed by atoms with Crippen LogP contribution in [0.1, 0.15) is 33.8 Å². The van der Waals surface area contributed by atoms with Crippen molar-refractivity contribution < 1.29 is 14.8 Å². The van der Waals surface area contributed by atoms with Gasteiger partial charge in [0.2, 0.25) is 0 Å². The molecule has 0 aliphatic rings. The molecule has 12 N–H and O–H groups in total. The fourth-order valence-corrected chi connectivity index (χ4v) is 5.65. The topological polar surface area (TPSA) is 337 Å². The molecule has 4 aromatic heterocycles. The van der Waals surface area contributed by atoms with Gasteiger partial charge in [-0.2, -0.15) is 0 Å². The molecule has 20 heteroatoms. The summed E-state index contributed by atoms with van der Waals surface area (Å²) in [6.45, 7) is 0. The van der Waals surface area contributed by atoms with Gasteiger partial charge in [0.1, 0.15) is 5.15 Å². The molecule has 0 atom stereocenters. The van der Waals surface area contributed by atoms with E-state index in [1.807, 2.05) is 54.6 Å². The first-order chi connectivity index (χ1) is 32.0. The summed E-state index contributed by atoms with van der Waals surface area (Å²) < 4.78 is 0. The minimum Gasteiger partial charge on any atom is -0.399 e. The first-order valence-corrected chi connectivity index (χ1v) is 20.2. The molecule has 8 rings (SSSR count). The highest BCUT2D eigenvalue weighted by atomic mass is 35.5. The molecule has 0 saturated heterocycles. The highest BCUT2D eigenvalue weighted by molar-refractivity contribution is 6.29. The van der Waals surface area contributed by atoms with Gasteiger partial charge in [0.05, 0.1) is 32.2 Å². The van der Waals surface area contributed by atoms with Crippen molar-refractivity contribution in [2.45, 2.75) is 19.3 Å². The third-order valence-corrected chi connectivity index (χ3v) is 9.02. The van der Waals surface area contributed by atoms with E-state index in [1.54, 1.807) is 60.8 Å². The van der Waals surface area contributed by atoms with Gasteiger partial charge in [-0.05, 0) is 89.5 Å². The molecule has 0 aliphatic carbocycles. The Morgan fingerprint density at radius 2 is 0.627 bits per heavy atom. The number of nitrogen functional groups attached to an aromatic ring is 6. The van der Waals surface area contributed by atoms with Crippen molar-refractivity contribution >= 4 is 62.8 Å². The Hall–Kier alpha value is -9.23. The third kappa shape index (κ3) is 19.0. The van der Waals surface area contributed by atoms with Gasteiger partial charge in [0, 0.05) is 114 Å². The van der Waals surface area contributed by atoms with Crippen molar-refractivity contribution in [2.24, 2.45) is 0 Å². The lowest BCUT2D eigenvalue weighted by Crippen LogP contribution is -1.95. The van der Waals surface area contributed by atoms with Crippen LogP contribution in [0.4, 0.5) is 51.2 Å². The zero-order chi connectivity index (χ0) is 48.7. The largest absolute Gasteiger partial charge is 0.399 e. The SMILES string of the molecule is Nc1ccc(Cc2cc(N)ccn2)cc1.Nc1ccc(Cc2cc([N+](=O)[O-])ccn2)cc1.Nc1ccc(Cc2cc([N+](=O)[O-])ccn2)cc1.Nc1ccc(N)cc1.O=[N+]([O-])c1ccnc(Cl)c1. The van der Waals surface area contributed by atoms with Gasteiger partial charge in [-0.15, -0.1) is 0 Å². The van der Waals surface area contributed by atoms with Crippen LogP contribution in [-0.2, 0) is 19.3 Å². The molecular weight excluding hydrogens is 878 g/mol. The second-order valence-electron chi connectivity index (χ2n) is 14.1. The number of aromatic nitrogens is 4. The van der Waals surface area contributed by atoms with Gasteiger partial charge < -0.3 is 34.4 Å². The molecule has 342 valence electrons. The number of hydrogen-bond acceptors (Lipinski definition) is 16. The first kappa shape index (κ1) is 50.4. The second-order valence-corrected chi connectivity index (χ2v) is 14.5. The van der Waals surface area contributed by atoms with Crippen molar-refractivity contribution in [2.75, 3.05) is 34.4 Å². The van der Waals surface area contributed by atoms with Crippen LogP contribution in [0.5, 0.6) is 0 Å². The Morgan fingerprint density at radius 3 is 0.910 bits per heavy atom. The van der Waals surface area contributed by atoms with Gasteiger partial charge in [-0.25, -0.2) is 4.98 Å². The number of nitro groups is 3. The Labute approximate surface area is 389 Å². The van der Waals surface area contributed by atoms with Crippen LogP contribution in [0, 0.1) is 30.3 Å². The van der Waals surface area contributed by atoms with E-state index in [0.29, 0.717) is 35.6 Å². The van der Waals surface area contributed by atoms with Crippen LogP contribution in [0.3, 0.4) is 0 Å². The van der Waals surface area contributed by atoms with Gasteiger partial charge >= 0.3 is 0 Å². The lowest BCUT2D eigenvalue weighted by Gasteiger charge is -2.02. The predicted molar refractivity (Wildman–Crippen MR) is 263 cm³/mol. The second kappa shape index (κ2) is 25.8. The van der Waals surface area contributed by atoms with Crippen LogP contribution in [-0.4, -0.2) is 34.7 Å². The number of anilines is 6. The van der Waals surface area contributed by atoms with E-state index >= 15 is 0 Å². The van der Waals surface area contributed by atoms with Crippen molar-refractivity contribution in [3.8, 4) is 0 Å². The fraction of sp³-hybridized carbons (Fsp3) is 0.0638. The van der Waals surface area contributed by atoms with Crippen LogP contribution in [0.25, 0.3) is 0 Å². The summed E-state index contributed by atoms with van der Waals surface area (Å²) in [4.78, 5) is 46.0. The van der Waals surface area contributed by atoms with Crippen LogP contribution in [0.2, 0.25) is 5.15 Å². The lowest BCUT2D eigenvalue weighted by atomic mass is 10.1. The molecule has 4 aromatic carbocycles. The zero-order valence-corrected chi connectivity index (χ0v) is 36.5. The summed E-state index contributed by atoms with van der Waals surface area (Å²) in [6, 6.07) is 41.5. The molecule has 19 nitrogen and oxygen atoms in total. The molecule has 0 aliphatic heterocycles. The Bertz CT molecular complexity index is 2720. The molecule has 0 amide bonds. The Morgan fingerprint density at radius 1 is 0.358 bits per heavy atom. The highest BCUT2D eigenvalue weighted by Crippen LogP contribution is 2.18. The zero-order valence-electron chi connectivity index (χ0n) is 35.7. The average molecular weight is 924 g/mol. The minimum absolute atomic E-state index is 0.0417. The Balaban J connectivity index is 0.000000187. The molecule has 0 unspecified atom stereocenters. The smallest absolute Gasteiger partial charge is 0.274 e. The number of hydrogen-bond donors (Lipinski definition) is 6. The normalized spacial score (nSPS) is 9.87. The molecule has 0 radical (unpaired) electrons. The molecule has 4 heterocycles. The van der Waals surface area contributed by atoms with Crippen molar-refractivity contribution in [3.05, 3.63) is 240 Å². The first-order valence-electron chi connectivity index (χ1n) is 19.8. The van der Waals surface area contributed by atoms with Gasteiger partial charge in [-0.1, -0.05) is 48.0 Å². The average Bonchev–Trinajstić information content (AvgIpc) is 3.31. The van der Waals surface area contributed by atoms with E-state index < -0.39 is 14.8 Å². The lowest BCUT2D eigenvalue weighted by molar-refractivity contribution is -0.385. The quantitative estimate of drug-likeness (QED) is 0.0341. The predicted octanol–water partition coefficient (Wildman–Crippen LogP) is 8.66. The monoisotopic (exact) mass is 923 g/mol. The van der Waals surface area contributed by atoms with Crippen LogP contribution < -0.4 is 34.4 Å². The van der Waals surface area contributed by atoms with Gasteiger partial charge in [0.25, 0.3) is 17.1 Å². The maximum atomic E-state index is 10.6. The van der Waals surface area contributed by atoms with E-state index in [0.717, 1.165) is 46.0 Å². The highest BCUT2D eigenvalue weighted by Gasteiger charge is 2.09. The number of rotatable bonds is 9. The van der Waals surface area contributed by atoms with Gasteiger partial charge in [0.15, 0.2) is 0 Å². The molecule has 8 aromatic rings.